The van der Waals surface area contributed by atoms with E-state index in [1.807, 2.05) is 18.2 Å². The van der Waals surface area contributed by atoms with Gasteiger partial charge in [0.15, 0.2) is 6.10 Å². The number of amides is 2. The summed E-state index contributed by atoms with van der Waals surface area (Å²) in [7, 11) is 0. The molecule has 7 heteroatoms. The third-order valence-electron chi connectivity index (χ3n) is 7.29. The minimum atomic E-state index is -1.32. The fourth-order valence-electron chi connectivity index (χ4n) is 5.50. The molecule has 39 heavy (non-hydrogen) atoms. The first-order valence-electron chi connectivity index (χ1n) is 13.0. The predicted octanol–water partition coefficient (Wildman–Crippen LogP) is 4.31. The van der Waals surface area contributed by atoms with Crippen LogP contribution in [-0.2, 0) is 10.3 Å². The summed E-state index contributed by atoms with van der Waals surface area (Å²) in [5.74, 6) is -0.110. The summed E-state index contributed by atoms with van der Waals surface area (Å²) in [6, 6.07) is 37.5. The molecule has 1 saturated heterocycles. The van der Waals surface area contributed by atoms with Gasteiger partial charge in [-0.2, -0.15) is 0 Å². The van der Waals surface area contributed by atoms with Crippen molar-refractivity contribution in [1.82, 2.24) is 9.80 Å². The largest absolute Gasteiger partial charge is 0.411 e. The van der Waals surface area contributed by atoms with Crippen LogP contribution in [0.5, 0.6) is 5.75 Å². The summed E-state index contributed by atoms with van der Waals surface area (Å²) in [5.41, 5.74) is 8.38. The molecule has 3 N–H and O–H groups in total. The highest BCUT2D eigenvalue weighted by Crippen LogP contribution is 2.42. The number of aliphatic hydroxyl groups is 1. The van der Waals surface area contributed by atoms with Crippen LogP contribution in [-0.4, -0.2) is 53.1 Å². The van der Waals surface area contributed by atoms with E-state index in [2.05, 4.69) is 77.7 Å². The van der Waals surface area contributed by atoms with E-state index in [9.17, 15) is 14.7 Å². The van der Waals surface area contributed by atoms with Crippen LogP contribution in [0.4, 0.5) is 4.79 Å². The van der Waals surface area contributed by atoms with E-state index in [0.717, 1.165) is 16.7 Å². The van der Waals surface area contributed by atoms with Crippen molar-refractivity contribution in [2.75, 3.05) is 26.2 Å². The average molecular weight is 522 g/mol. The molecule has 0 saturated carbocycles. The molecular formula is C32H31N3O4. The number of carbonyl (C=O) groups is 2. The zero-order chi connectivity index (χ0) is 27.2. The molecule has 1 aliphatic heterocycles. The van der Waals surface area contributed by atoms with E-state index in [1.165, 1.54) is 12.1 Å². The third kappa shape index (κ3) is 5.27. The lowest BCUT2D eigenvalue weighted by Gasteiger charge is -2.49. The summed E-state index contributed by atoms with van der Waals surface area (Å²) in [4.78, 5) is 28.4. The van der Waals surface area contributed by atoms with Gasteiger partial charge < -0.3 is 20.5 Å². The molecule has 2 amide bonds. The molecule has 0 spiro atoms. The van der Waals surface area contributed by atoms with Gasteiger partial charge in [0, 0.05) is 26.2 Å². The number of primary amides is 1. The molecule has 0 aliphatic carbocycles. The molecule has 1 atom stereocenters. The van der Waals surface area contributed by atoms with Crippen molar-refractivity contribution in [2.24, 2.45) is 5.73 Å². The molecule has 5 rings (SSSR count). The molecule has 1 unspecified atom stereocenters. The number of aliphatic hydroxyl groups excluding tert-OH is 1. The Morgan fingerprint density at radius 2 is 1.13 bits per heavy atom. The Balaban J connectivity index is 1.42. The van der Waals surface area contributed by atoms with Crippen molar-refractivity contribution in [3.8, 4) is 5.75 Å². The monoisotopic (exact) mass is 521 g/mol. The standard InChI is InChI=1S/C32H31N3O4/c33-31(38)39-28-18-16-24(17-19-28)29(36)30(37)34-20-22-35(23-21-34)32(25-10-4-1-5-11-25,26-12-6-2-7-13-26)27-14-8-3-9-15-27/h1-19,29,36H,20-23H2,(H2,33,38). The van der Waals surface area contributed by atoms with E-state index in [-0.39, 0.29) is 11.7 Å². The van der Waals surface area contributed by atoms with Gasteiger partial charge in [0.25, 0.3) is 5.91 Å². The second-order valence-corrected chi connectivity index (χ2v) is 9.51. The Bertz CT molecular complexity index is 1290. The van der Waals surface area contributed by atoms with Crippen LogP contribution in [0, 0.1) is 0 Å². The van der Waals surface area contributed by atoms with E-state index >= 15 is 0 Å². The minimum Gasteiger partial charge on any atom is -0.411 e. The minimum absolute atomic E-state index is 0.249. The summed E-state index contributed by atoms with van der Waals surface area (Å²) < 4.78 is 4.84. The van der Waals surface area contributed by atoms with Gasteiger partial charge in [-0.25, -0.2) is 4.79 Å². The number of benzene rings is 4. The smallest absolute Gasteiger partial charge is 0.409 e. The highest BCUT2D eigenvalue weighted by Gasteiger charge is 2.43. The van der Waals surface area contributed by atoms with Crippen LogP contribution in [0.2, 0.25) is 0 Å². The molecule has 7 nitrogen and oxygen atoms in total. The third-order valence-corrected chi connectivity index (χ3v) is 7.29. The van der Waals surface area contributed by atoms with Gasteiger partial charge in [-0.1, -0.05) is 103 Å². The van der Waals surface area contributed by atoms with Crippen molar-refractivity contribution in [1.29, 1.82) is 0 Å². The van der Waals surface area contributed by atoms with Gasteiger partial charge in [0.1, 0.15) is 5.75 Å². The highest BCUT2D eigenvalue weighted by molar-refractivity contribution is 5.82. The van der Waals surface area contributed by atoms with E-state index in [4.69, 9.17) is 10.5 Å². The number of hydrogen-bond acceptors (Lipinski definition) is 5. The lowest BCUT2D eigenvalue weighted by molar-refractivity contribution is -0.143. The zero-order valence-electron chi connectivity index (χ0n) is 21.5. The zero-order valence-corrected chi connectivity index (χ0v) is 21.5. The van der Waals surface area contributed by atoms with Crippen molar-refractivity contribution < 1.29 is 19.4 Å². The Hall–Kier alpha value is -4.46. The number of nitrogens with two attached hydrogens (primary N) is 1. The Labute approximate surface area is 228 Å². The normalized spacial score (nSPS) is 14.9. The first-order chi connectivity index (χ1) is 19.0. The van der Waals surface area contributed by atoms with Gasteiger partial charge in [0.05, 0.1) is 5.54 Å². The maximum absolute atomic E-state index is 13.3. The molecule has 1 aliphatic rings. The Morgan fingerprint density at radius 1 is 0.692 bits per heavy atom. The molecule has 0 radical (unpaired) electrons. The second-order valence-electron chi connectivity index (χ2n) is 9.51. The molecule has 1 heterocycles. The van der Waals surface area contributed by atoms with E-state index in [1.54, 1.807) is 17.0 Å². The van der Waals surface area contributed by atoms with E-state index in [0.29, 0.717) is 31.7 Å². The fourth-order valence-corrected chi connectivity index (χ4v) is 5.50. The van der Waals surface area contributed by atoms with Crippen LogP contribution >= 0.6 is 0 Å². The summed E-state index contributed by atoms with van der Waals surface area (Å²) >= 11 is 0. The number of nitrogens with zero attached hydrogens (tertiary/aromatic N) is 2. The molecule has 198 valence electrons. The molecule has 1 fully saturated rings. The molecule has 4 aromatic rings. The quantitative estimate of drug-likeness (QED) is 0.353. The Kier molecular flexibility index (Phi) is 7.72. The Morgan fingerprint density at radius 3 is 1.54 bits per heavy atom. The predicted molar refractivity (Wildman–Crippen MR) is 149 cm³/mol. The van der Waals surface area contributed by atoms with Gasteiger partial charge in [0.2, 0.25) is 0 Å². The summed E-state index contributed by atoms with van der Waals surface area (Å²) in [5, 5.41) is 10.8. The van der Waals surface area contributed by atoms with Crippen LogP contribution in [0.25, 0.3) is 0 Å². The molecular weight excluding hydrogens is 490 g/mol. The number of rotatable bonds is 7. The van der Waals surface area contributed by atoms with Crippen LogP contribution in [0.3, 0.4) is 0 Å². The number of hydrogen-bond donors (Lipinski definition) is 2. The fraction of sp³-hybridized carbons (Fsp3) is 0.188. The first kappa shape index (κ1) is 26.2. The van der Waals surface area contributed by atoms with Crippen molar-refractivity contribution >= 4 is 12.0 Å². The SMILES string of the molecule is NC(=O)Oc1ccc(C(O)C(=O)N2CCN(C(c3ccccc3)(c3ccccc3)c3ccccc3)CC2)cc1. The van der Waals surface area contributed by atoms with Crippen molar-refractivity contribution in [2.45, 2.75) is 11.6 Å². The average Bonchev–Trinajstić information content (AvgIpc) is 2.99. The lowest BCUT2D eigenvalue weighted by atomic mass is 9.75. The molecule has 4 aromatic carbocycles. The van der Waals surface area contributed by atoms with Crippen molar-refractivity contribution in [3.63, 3.8) is 0 Å². The second kappa shape index (κ2) is 11.5. The summed E-state index contributed by atoms with van der Waals surface area (Å²) in [6.45, 7) is 2.16. The number of ether oxygens (including phenoxy) is 1. The van der Waals surface area contributed by atoms with Crippen LogP contribution < -0.4 is 10.5 Å². The summed E-state index contributed by atoms with van der Waals surface area (Å²) in [6.07, 6.45) is -2.24. The van der Waals surface area contributed by atoms with Gasteiger partial charge >= 0.3 is 6.09 Å². The molecule has 0 aromatic heterocycles. The van der Waals surface area contributed by atoms with Gasteiger partial charge in [-0.15, -0.1) is 0 Å². The van der Waals surface area contributed by atoms with Crippen LogP contribution in [0.1, 0.15) is 28.4 Å². The van der Waals surface area contributed by atoms with Crippen LogP contribution in [0.15, 0.2) is 115 Å². The van der Waals surface area contributed by atoms with E-state index < -0.39 is 17.7 Å². The first-order valence-corrected chi connectivity index (χ1v) is 13.0. The number of piperazine rings is 1. The molecule has 0 bridgehead atoms. The van der Waals surface area contributed by atoms with Gasteiger partial charge in [-0.05, 0) is 34.4 Å². The topological polar surface area (TPSA) is 96.1 Å². The maximum Gasteiger partial charge on any atom is 0.409 e. The maximum atomic E-state index is 13.3. The lowest BCUT2D eigenvalue weighted by Crippen LogP contribution is -2.58. The number of carbonyl (C=O) groups excluding carboxylic acids is 2. The van der Waals surface area contributed by atoms with Gasteiger partial charge in [-0.3, -0.25) is 9.69 Å². The van der Waals surface area contributed by atoms with Crippen molar-refractivity contribution in [3.05, 3.63) is 138 Å². The highest BCUT2D eigenvalue weighted by atomic mass is 16.5.